The summed E-state index contributed by atoms with van der Waals surface area (Å²) in [5.41, 5.74) is 0.505. The van der Waals surface area contributed by atoms with Crippen molar-refractivity contribution in [2.75, 3.05) is 36.4 Å². The number of piperazine rings is 1. The highest BCUT2D eigenvalue weighted by atomic mass is 35.5. The summed E-state index contributed by atoms with van der Waals surface area (Å²) in [5.74, 6) is 0.805. The summed E-state index contributed by atoms with van der Waals surface area (Å²) in [6.45, 7) is 2.86. The Balaban J connectivity index is 1.42. The van der Waals surface area contributed by atoms with Crippen molar-refractivity contribution in [1.82, 2.24) is 15.2 Å². The number of amides is 2. The van der Waals surface area contributed by atoms with Gasteiger partial charge in [0.05, 0.1) is 17.1 Å². The minimum absolute atomic E-state index is 0.00763. The molecule has 0 aliphatic carbocycles. The van der Waals surface area contributed by atoms with Crippen LogP contribution in [-0.4, -0.2) is 59.9 Å². The molecule has 150 valence electrons. The highest BCUT2D eigenvalue weighted by molar-refractivity contribution is 6.33. The Morgan fingerprint density at radius 1 is 1.07 bits per heavy atom. The molecular formula is C20H21ClN6O2. The monoisotopic (exact) mass is 412 g/mol. The highest BCUT2D eigenvalue weighted by Crippen LogP contribution is 2.21. The van der Waals surface area contributed by atoms with E-state index in [0.717, 1.165) is 18.9 Å². The molecule has 2 amide bonds. The molecule has 0 saturated carbocycles. The molecule has 2 aliphatic heterocycles. The third-order valence-electron chi connectivity index (χ3n) is 4.89. The van der Waals surface area contributed by atoms with Gasteiger partial charge in [-0.15, -0.1) is 0 Å². The first kappa shape index (κ1) is 19.2. The predicted molar refractivity (Wildman–Crippen MR) is 112 cm³/mol. The Kier molecular flexibility index (Phi) is 5.62. The molecule has 0 radical (unpaired) electrons. The van der Waals surface area contributed by atoms with Gasteiger partial charge in [0.2, 0.25) is 17.8 Å². The summed E-state index contributed by atoms with van der Waals surface area (Å²) < 4.78 is 0. The zero-order valence-electron chi connectivity index (χ0n) is 15.7. The van der Waals surface area contributed by atoms with Gasteiger partial charge in [-0.1, -0.05) is 29.8 Å². The van der Waals surface area contributed by atoms with Gasteiger partial charge in [-0.2, -0.15) is 0 Å². The van der Waals surface area contributed by atoms with Crippen LogP contribution < -0.4 is 15.5 Å². The Hall–Kier alpha value is -3.13. The fraction of sp³-hybridized carbons (Fsp3) is 0.300. The summed E-state index contributed by atoms with van der Waals surface area (Å²) in [4.78, 5) is 37.9. The number of hydrogen-bond acceptors (Lipinski definition) is 6. The van der Waals surface area contributed by atoms with E-state index >= 15 is 0 Å². The van der Waals surface area contributed by atoms with E-state index < -0.39 is 6.04 Å². The van der Waals surface area contributed by atoms with Crippen molar-refractivity contribution in [3.05, 3.63) is 53.7 Å². The van der Waals surface area contributed by atoms with Crippen LogP contribution in [0.15, 0.2) is 53.7 Å². The van der Waals surface area contributed by atoms with Crippen LogP contribution in [0.4, 0.5) is 11.5 Å². The molecule has 2 aromatic rings. The van der Waals surface area contributed by atoms with E-state index in [9.17, 15) is 9.59 Å². The Morgan fingerprint density at radius 3 is 2.52 bits per heavy atom. The minimum atomic E-state index is -0.788. The number of aliphatic imine (C=N–C) groups is 1. The Bertz CT molecular complexity index is 928. The maximum absolute atomic E-state index is 12.6. The molecule has 1 atom stereocenters. The molecule has 9 heteroatoms. The van der Waals surface area contributed by atoms with Crippen molar-refractivity contribution in [3.63, 3.8) is 0 Å². The molecule has 29 heavy (non-hydrogen) atoms. The van der Waals surface area contributed by atoms with Crippen molar-refractivity contribution >= 4 is 40.9 Å². The van der Waals surface area contributed by atoms with Gasteiger partial charge in [-0.25, -0.2) is 9.98 Å². The van der Waals surface area contributed by atoms with Crippen molar-refractivity contribution in [2.45, 2.75) is 12.5 Å². The van der Waals surface area contributed by atoms with Gasteiger partial charge in [0.1, 0.15) is 11.9 Å². The molecule has 4 rings (SSSR count). The molecule has 1 aromatic heterocycles. The van der Waals surface area contributed by atoms with Crippen LogP contribution in [0.2, 0.25) is 5.02 Å². The number of para-hydroxylation sites is 1. The number of anilines is 2. The zero-order chi connectivity index (χ0) is 20.2. The molecule has 1 fully saturated rings. The van der Waals surface area contributed by atoms with Crippen molar-refractivity contribution in [1.29, 1.82) is 0 Å². The van der Waals surface area contributed by atoms with E-state index in [0.29, 0.717) is 29.8 Å². The van der Waals surface area contributed by atoms with E-state index in [1.54, 1.807) is 30.5 Å². The first-order valence-electron chi connectivity index (χ1n) is 9.44. The first-order valence-corrected chi connectivity index (χ1v) is 9.82. The SMILES string of the molecule is O=C1C[C@@H](C(=O)Nc2ccccc2Cl)N=C(N2CCN(c3ccccn3)CC2)N1. The third-order valence-corrected chi connectivity index (χ3v) is 5.22. The van der Waals surface area contributed by atoms with E-state index in [1.165, 1.54) is 0 Å². The van der Waals surface area contributed by atoms with Gasteiger partial charge in [0, 0.05) is 32.4 Å². The van der Waals surface area contributed by atoms with Gasteiger partial charge in [-0.3, -0.25) is 14.9 Å². The van der Waals surface area contributed by atoms with E-state index in [-0.39, 0.29) is 18.2 Å². The summed E-state index contributed by atoms with van der Waals surface area (Å²) >= 11 is 6.10. The normalized spacial score (nSPS) is 19.4. The number of guanidine groups is 1. The number of pyridine rings is 1. The molecule has 0 spiro atoms. The van der Waals surface area contributed by atoms with Crippen molar-refractivity contribution < 1.29 is 9.59 Å². The third kappa shape index (κ3) is 4.48. The lowest BCUT2D eigenvalue weighted by Gasteiger charge is -2.38. The van der Waals surface area contributed by atoms with Gasteiger partial charge < -0.3 is 15.1 Å². The fourth-order valence-corrected chi connectivity index (χ4v) is 3.54. The number of hydrogen-bond donors (Lipinski definition) is 2. The van der Waals surface area contributed by atoms with E-state index in [1.807, 2.05) is 23.1 Å². The van der Waals surface area contributed by atoms with Crippen LogP contribution in [0, 0.1) is 0 Å². The van der Waals surface area contributed by atoms with Crippen LogP contribution in [0.1, 0.15) is 6.42 Å². The minimum Gasteiger partial charge on any atom is -0.353 e. The lowest BCUT2D eigenvalue weighted by Crippen LogP contribution is -2.56. The fourth-order valence-electron chi connectivity index (χ4n) is 3.36. The molecule has 1 aromatic carbocycles. The second-order valence-corrected chi connectivity index (χ2v) is 7.26. The van der Waals surface area contributed by atoms with Crippen LogP contribution in [-0.2, 0) is 9.59 Å². The van der Waals surface area contributed by atoms with Gasteiger partial charge in [0.25, 0.3) is 0 Å². The lowest BCUT2D eigenvalue weighted by atomic mass is 10.1. The largest absolute Gasteiger partial charge is 0.353 e. The Morgan fingerprint density at radius 2 is 1.79 bits per heavy atom. The average molecular weight is 413 g/mol. The molecule has 0 unspecified atom stereocenters. The molecule has 3 heterocycles. The van der Waals surface area contributed by atoms with Crippen LogP contribution in [0.5, 0.6) is 0 Å². The number of carbonyl (C=O) groups excluding carboxylic acids is 2. The smallest absolute Gasteiger partial charge is 0.249 e. The number of nitrogens with zero attached hydrogens (tertiary/aromatic N) is 4. The molecule has 2 N–H and O–H groups in total. The molecule has 2 aliphatic rings. The van der Waals surface area contributed by atoms with Crippen LogP contribution in [0.25, 0.3) is 0 Å². The summed E-state index contributed by atoms with van der Waals surface area (Å²) in [6, 6.07) is 12.0. The topological polar surface area (TPSA) is 89.9 Å². The maximum Gasteiger partial charge on any atom is 0.249 e. The van der Waals surface area contributed by atoms with E-state index in [2.05, 4.69) is 25.5 Å². The standard InChI is InChI=1S/C20H21ClN6O2/c21-14-5-1-2-6-15(14)23-19(29)16-13-18(28)25-20(24-16)27-11-9-26(10-12-27)17-7-3-4-8-22-17/h1-8,16H,9-13H2,(H,23,29)(H,24,25,28)/t16-/m0/s1. The highest BCUT2D eigenvalue weighted by Gasteiger charge is 2.31. The number of halogens is 1. The van der Waals surface area contributed by atoms with Crippen molar-refractivity contribution in [2.24, 2.45) is 4.99 Å². The van der Waals surface area contributed by atoms with Gasteiger partial charge >= 0.3 is 0 Å². The van der Waals surface area contributed by atoms with Crippen LogP contribution >= 0.6 is 11.6 Å². The average Bonchev–Trinajstić information content (AvgIpc) is 2.75. The second-order valence-electron chi connectivity index (χ2n) is 6.85. The molecular weight excluding hydrogens is 392 g/mol. The number of rotatable bonds is 3. The Labute approximate surface area is 173 Å². The molecule has 0 bridgehead atoms. The van der Waals surface area contributed by atoms with Gasteiger partial charge in [-0.05, 0) is 24.3 Å². The number of carbonyl (C=O) groups is 2. The molecule has 8 nitrogen and oxygen atoms in total. The van der Waals surface area contributed by atoms with Crippen molar-refractivity contribution in [3.8, 4) is 0 Å². The zero-order valence-corrected chi connectivity index (χ0v) is 16.5. The predicted octanol–water partition coefficient (Wildman–Crippen LogP) is 1.74. The first-order chi connectivity index (χ1) is 14.1. The van der Waals surface area contributed by atoms with Gasteiger partial charge in [0.15, 0.2) is 0 Å². The summed E-state index contributed by atoms with van der Waals surface area (Å²) in [5, 5.41) is 6.00. The van der Waals surface area contributed by atoms with E-state index in [4.69, 9.17) is 11.6 Å². The summed E-state index contributed by atoms with van der Waals surface area (Å²) in [7, 11) is 0. The number of nitrogens with one attached hydrogen (secondary N) is 2. The second kappa shape index (κ2) is 8.48. The number of aromatic nitrogens is 1. The lowest BCUT2D eigenvalue weighted by molar-refractivity contribution is -0.125. The number of benzene rings is 1. The maximum atomic E-state index is 12.6. The van der Waals surface area contributed by atoms with Crippen LogP contribution in [0.3, 0.4) is 0 Å². The quantitative estimate of drug-likeness (QED) is 0.801. The summed E-state index contributed by atoms with van der Waals surface area (Å²) in [6.07, 6.45) is 1.78. The molecule has 1 saturated heterocycles.